The maximum atomic E-state index is 11.0. The highest BCUT2D eigenvalue weighted by atomic mass is 16.5. The van der Waals surface area contributed by atoms with Crippen molar-refractivity contribution in [2.75, 3.05) is 18.5 Å². The second-order valence-corrected chi connectivity index (χ2v) is 2.33. The summed E-state index contributed by atoms with van der Waals surface area (Å²) in [5.41, 5.74) is 0. The fourth-order valence-corrected chi connectivity index (χ4v) is 0.698. The smallest absolute Gasteiger partial charge is 0.328 e. The van der Waals surface area contributed by atoms with Gasteiger partial charge in [-0.3, -0.25) is 10.1 Å². The number of hydrogen-bond acceptors (Lipinski definition) is 5. The molecule has 0 aliphatic rings. The van der Waals surface area contributed by atoms with Gasteiger partial charge in [0.2, 0.25) is 0 Å². The molecule has 0 saturated heterocycles. The molecule has 0 unspecified atom stereocenters. The van der Waals surface area contributed by atoms with Crippen LogP contribution in [0.2, 0.25) is 0 Å². The lowest BCUT2D eigenvalue weighted by molar-refractivity contribution is -0.120. The minimum atomic E-state index is -0.300. The molecule has 6 nitrogen and oxygen atoms in total. The molecule has 0 aromatic carbocycles. The first-order valence-electron chi connectivity index (χ1n) is 3.90. The molecule has 0 spiro atoms. The van der Waals surface area contributed by atoms with Crippen molar-refractivity contribution in [3.63, 3.8) is 0 Å². The summed E-state index contributed by atoms with van der Waals surface area (Å²) in [7, 11) is 0. The maximum absolute atomic E-state index is 11.0. The van der Waals surface area contributed by atoms with Crippen molar-refractivity contribution in [1.82, 2.24) is 10.1 Å². The molecular formula is C7H11N3O3. The normalized spacial score (nSPS) is 10.0. The van der Waals surface area contributed by atoms with Gasteiger partial charge in [0.15, 0.2) is 5.82 Å². The van der Waals surface area contributed by atoms with E-state index in [0.29, 0.717) is 12.4 Å². The van der Waals surface area contributed by atoms with Crippen LogP contribution in [-0.2, 0) is 9.53 Å². The van der Waals surface area contributed by atoms with Gasteiger partial charge in [0, 0.05) is 6.61 Å². The number of carbonyl (C=O) groups is 1. The van der Waals surface area contributed by atoms with Gasteiger partial charge in [-0.1, -0.05) is 5.16 Å². The number of carbonyl (C=O) groups excluding carboxylic acids is 1. The second kappa shape index (κ2) is 4.56. The van der Waals surface area contributed by atoms with Crippen LogP contribution in [0.25, 0.3) is 0 Å². The van der Waals surface area contributed by atoms with Crippen molar-refractivity contribution in [3.8, 4) is 0 Å². The molecule has 0 aliphatic carbocycles. The molecule has 1 amide bonds. The molecule has 0 radical (unpaired) electrons. The van der Waals surface area contributed by atoms with E-state index >= 15 is 0 Å². The van der Waals surface area contributed by atoms with E-state index in [1.54, 1.807) is 6.92 Å². The molecular weight excluding hydrogens is 174 g/mol. The predicted octanol–water partition coefficient (Wildman–Crippen LogP) is 0.353. The van der Waals surface area contributed by atoms with Gasteiger partial charge >= 0.3 is 6.01 Å². The zero-order valence-corrected chi connectivity index (χ0v) is 7.53. The Morgan fingerprint density at radius 1 is 1.69 bits per heavy atom. The van der Waals surface area contributed by atoms with Gasteiger partial charge in [0.25, 0.3) is 5.91 Å². The van der Waals surface area contributed by atoms with Crippen LogP contribution < -0.4 is 5.32 Å². The van der Waals surface area contributed by atoms with E-state index in [0.717, 1.165) is 0 Å². The highest BCUT2D eigenvalue weighted by Crippen LogP contribution is 2.01. The molecule has 0 bridgehead atoms. The average Bonchev–Trinajstić information content (AvgIpc) is 2.48. The first-order valence-corrected chi connectivity index (χ1v) is 3.90. The maximum Gasteiger partial charge on any atom is 0.328 e. The van der Waals surface area contributed by atoms with Crippen molar-refractivity contribution in [1.29, 1.82) is 0 Å². The number of aryl methyl sites for hydroxylation is 1. The molecule has 72 valence electrons. The quantitative estimate of drug-likeness (QED) is 0.732. The Kier molecular flexibility index (Phi) is 3.39. The van der Waals surface area contributed by atoms with Crippen LogP contribution >= 0.6 is 0 Å². The van der Waals surface area contributed by atoms with Crippen molar-refractivity contribution in [2.45, 2.75) is 13.8 Å². The van der Waals surface area contributed by atoms with Crippen molar-refractivity contribution >= 4 is 11.9 Å². The van der Waals surface area contributed by atoms with Crippen LogP contribution in [0.15, 0.2) is 4.52 Å². The summed E-state index contributed by atoms with van der Waals surface area (Å²) in [6.45, 7) is 3.97. The molecule has 13 heavy (non-hydrogen) atoms. The summed E-state index contributed by atoms with van der Waals surface area (Å²) < 4.78 is 9.54. The Morgan fingerprint density at radius 3 is 3.00 bits per heavy atom. The van der Waals surface area contributed by atoms with Gasteiger partial charge in [-0.2, -0.15) is 4.98 Å². The number of aromatic nitrogens is 2. The van der Waals surface area contributed by atoms with Crippen molar-refractivity contribution in [3.05, 3.63) is 5.82 Å². The van der Waals surface area contributed by atoms with E-state index in [1.807, 2.05) is 6.92 Å². The molecule has 1 rings (SSSR count). The summed E-state index contributed by atoms with van der Waals surface area (Å²) in [6.07, 6.45) is 0. The summed E-state index contributed by atoms with van der Waals surface area (Å²) in [5, 5.41) is 5.90. The van der Waals surface area contributed by atoms with Gasteiger partial charge in [0.05, 0.1) is 0 Å². The van der Waals surface area contributed by atoms with E-state index in [2.05, 4.69) is 20.0 Å². The van der Waals surface area contributed by atoms with Gasteiger partial charge in [-0.15, -0.1) is 0 Å². The van der Waals surface area contributed by atoms with E-state index in [-0.39, 0.29) is 18.5 Å². The zero-order valence-electron chi connectivity index (χ0n) is 7.53. The van der Waals surface area contributed by atoms with Gasteiger partial charge in [-0.25, -0.2) is 0 Å². The van der Waals surface area contributed by atoms with E-state index in [1.165, 1.54) is 0 Å². The topological polar surface area (TPSA) is 77.2 Å². The standard InChI is InChI=1S/C7H11N3O3/c1-3-12-4-6(11)9-7-8-5(2)10-13-7/h3-4H2,1-2H3,(H,8,9,10,11). The number of hydrogen-bond donors (Lipinski definition) is 1. The lowest BCUT2D eigenvalue weighted by atomic mass is 10.6. The van der Waals surface area contributed by atoms with Gasteiger partial charge in [-0.05, 0) is 13.8 Å². The second-order valence-electron chi connectivity index (χ2n) is 2.33. The van der Waals surface area contributed by atoms with Crippen LogP contribution in [0.3, 0.4) is 0 Å². The Labute approximate surface area is 75.3 Å². The fourth-order valence-electron chi connectivity index (χ4n) is 0.698. The molecule has 0 fully saturated rings. The first-order chi connectivity index (χ1) is 6.22. The molecule has 6 heteroatoms. The minimum Gasteiger partial charge on any atom is -0.372 e. The largest absolute Gasteiger partial charge is 0.372 e. The Morgan fingerprint density at radius 2 is 2.46 bits per heavy atom. The number of anilines is 1. The van der Waals surface area contributed by atoms with E-state index < -0.39 is 0 Å². The third kappa shape index (κ3) is 3.20. The van der Waals surface area contributed by atoms with Crippen LogP contribution in [0.4, 0.5) is 6.01 Å². The molecule has 1 N–H and O–H groups in total. The van der Waals surface area contributed by atoms with Crippen LogP contribution in [-0.4, -0.2) is 29.3 Å². The molecule has 0 aliphatic heterocycles. The Hall–Kier alpha value is -1.43. The van der Waals surface area contributed by atoms with Crippen LogP contribution in [0, 0.1) is 6.92 Å². The summed E-state index contributed by atoms with van der Waals surface area (Å²) in [4.78, 5) is 14.8. The SMILES string of the molecule is CCOCC(=O)Nc1nc(C)no1. The van der Waals surface area contributed by atoms with Gasteiger partial charge < -0.3 is 9.26 Å². The molecule has 0 atom stereocenters. The molecule has 1 aromatic heterocycles. The number of rotatable bonds is 4. The molecule has 1 aromatic rings. The Bertz CT molecular complexity index is 284. The van der Waals surface area contributed by atoms with E-state index in [4.69, 9.17) is 4.74 Å². The third-order valence-corrected chi connectivity index (χ3v) is 1.21. The summed E-state index contributed by atoms with van der Waals surface area (Å²) in [6, 6.07) is 0.0993. The van der Waals surface area contributed by atoms with Crippen molar-refractivity contribution in [2.24, 2.45) is 0 Å². The minimum absolute atomic E-state index is 0.00206. The number of amides is 1. The molecule has 0 saturated carbocycles. The summed E-state index contributed by atoms with van der Waals surface area (Å²) >= 11 is 0. The van der Waals surface area contributed by atoms with Crippen LogP contribution in [0.1, 0.15) is 12.7 Å². The average molecular weight is 185 g/mol. The zero-order chi connectivity index (χ0) is 9.68. The lowest BCUT2D eigenvalue weighted by Gasteiger charge is -1.98. The van der Waals surface area contributed by atoms with Crippen LogP contribution in [0.5, 0.6) is 0 Å². The molecule has 1 heterocycles. The number of nitrogens with zero attached hydrogens (tertiary/aromatic N) is 2. The summed E-state index contributed by atoms with van der Waals surface area (Å²) in [5.74, 6) is 0.178. The first kappa shape index (κ1) is 9.66. The van der Waals surface area contributed by atoms with Gasteiger partial charge in [0.1, 0.15) is 6.61 Å². The number of nitrogens with one attached hydrogen (secondary N) is 1. The third-order valence-electron chi connectivity index (χ3n) is 1.21. The number of ether oxygens (including phenoxy) is 1. The Balaban J connectivity index is 2.36. The van der Waals surface area contributed by atoms with Crippen molar-refractivity contribution < 1.29 is 14.1 Å². The monoisotopic (exact) mass is 185 g/mol. The fraction of sp³-hybridized carbons (Fsp3) is 0.571. The lowest BCUT2D eigenvalue weighted by Crippen LogP contribution is -2.18. The highest BCUT2D eigenvalue weighted by Gasteiger charge is 2.06. The predicted molar refractivity (Wildman–Crippen MR) is 44.2 cm³/mol. The highest BCUT2D eigenvalue weighted by molar-refractivity contribution is 5.89. The van der Waals surface area contributed by atoms with E-state index in [9.17, 15) is 4.79 Å².